The van der Waals surface area contributed by atoms with E-state index in [-0.39, 0.29) is 12.1 Å². The molecule has 2 aliphatic heterocycles. The van der Waals surface area contributed by atoms with Gasteiger partial charge < -0.3 is 15.3 Å². The van der Waals surface area contributed by atoms with E-state index in [1.54, 1.807) is 18.0 Å². The van der Waals surface area contributed by atoms with E-state index in [4.69, 9.17) is 5.10 Å². The van der Waals surface area contributed by atoms with E-state index in [2.05, 4.69) is 10.2 Å². The van der Waals surface area contributed by atoms with Crippen molar-refractivity contribution in [2.24, 2.45) is 0 Å². The molecule has 0 saturated carbocycles. The molecule has 1 fully saturated rings. The lowest BCUT2D eigenvalue weighted by atomic mass is 9.97. The van der Waals surface area contributed by atoms with Gasteiger partial charge in [0, 0.05) is 55.7 Å². The fourth-order valence-electron chi connectivity index (χ4n) is 4.94. The molecule has 0 radical (unpaired) electrons. The van der Waals surface area contributed by atoms with E-state index >= 15 is 0 Å². The van der Waals surface area contributed by atoms with E-state index in [1.807, 2.05) is 4.31 Å². The minimum atomic E-state index is -4.45. The molecule has 1 saturated heterocycles. The van der Waals surface area contributed by atoms with Crippen molar-refractivity contribution in [2.75, 3.05) is 39.5 Å². The number of β-amino-alcohol motifs (C(OH)–C–C–N with tert-alkyl or cyclic N) is 1. The second-order valence-electron chi connectivity index (χ2n) is 9.05. The predicted molar refractivity (Wildman–Crippen MR) is 125 cm³/mol. The molecule has 1 aromatic heterocycles. The highest BCUT2D eigenvalue weighted by Gasteiger charge is 2.34. The Labute approximate surface area is 200 Å². The summed E-state index contributed by atoms with van der Waals surface area (Å²) in [5.74, 6) is 0. The first-order valence-corrected chi connectivity index (χ1v) is 13.1. The van der Waals surface area contributed by atoms with Crippen LogP contribution < -0.4 is 5.32 Å². The Kier molecular flexibility index (Phi) is 7.78. The fraction of sp³-hybridized carbons (Fsp3) is 0.609. The monoisotopic (exact) mass is 499 g/mol. The van der Waals surface area contributed by atoms with Crippen LogP contribution in [0.5, 0.6) is 0 Å². The maximum absolute atomic E-state index is 13.5. The van der Waals surface area contributed by atoms with Crippen molar-refractivity contribution in [1.82, 2.24) is 24.3 Å². The van der Waals surface area contributed by atoms with Gasteiger partial charge >= 0.3 is 6.18 Å². The third-order valence-electron chi connectivity index (χ3n) is 6.57. The second-order valence-corrected chi connectivity index (χ2v) is 10.4. The number of hydrogen-bond acceptors (Lipinski definition) is 5. The maximum atomic E-state index is 13.5. The number of likely N-dealkylation sites (tertiary alicyclic amines) is 1. The van der Waals surface area contributed by atoms with Crippen molar-refractivity contribution in [3.8, 4) is 11.3 Å². The Morgan fingerprint density at radius 1 is 1.21 bits per heavy atom. The molecule has 4 rings (SSSR count). The highest BCUT2D eigenvalue weighted by atomic mass is 32.2. The van der Waals surface area contributed by atoms with Crippen LogP contribution in [0, 0.1) is 0 Å². The number of benzene rings is 1. The number of aromatic nitrogens is 2. The maximum Gasteiger partial charge on any atom is 0.416 e. The van der Waals surface area contributed by atoms with Crippen molar-refractivity contribution in [3.63, 3.8) is 0 Å². The third kappa shape index (κ3) is 5.54. The van der Waals surface area contributed by atoms with E-state index in [9.17, 15) is 22.5 Å². The van der Waals surface area contributed by atoms with Gasteiger partial charge in [0.15, 0.2) is 0 Å². The van der Waals surface area contributed by atoms with Gasteiger partial charge in [-0.25, -0.2) is 8.51 Å². The summed E-state index contributed by atoms with van der Waals surface area (Å²) in [6.07, 6.45) is -0.526. The summed E-state index contributed by atoms with van der Waals surface area (Å²) >= 11 is 0. The lowest BCUT2D eigenvalue weighted by Crippen LogP contribution is -2.35. The molecule has 2 aliphatic rings. The van der Waals surface area contributed by atoms with Gasteiger partial charge in [-0.15, -0.1) is 0 Å². The average molecular weight is 500 g/mol. The standard InChI is InChI=1S/C23H32F3N5O2S/c1-27-12-17-11-16(5-6-20(17)23(24,25)26)22-19-15-30(34(2)33)10-7-21(19)31(28-22)14-18(32)13-29-8-3-4-9-29/h5-6,11,18,27,32H,3-4,7-10,12-15H2,1-2H3. The van der Waals surface area contributed by atoms with E-state index < -0.39 is 28.8 Å². The van der Waals surface area contributed by atoms with Crippen LogP contribution in [0.25, 0.3) is 11.3 Å². The summed E-state index contributed by atoms with van der Waals surface area (Å²) in [5.41, 5.74) is 2.47. The molecule has 0 spiro atoms. The zero-order valence-electron chi connectivity index (χ0n) is 19.6. The number of nitrogens with one attached hydrogen (secondary N) is 1. The number of hydrogen-bond donors (Lipinski definition) is 2. The van der Waals surface area contributed by atoms with Gasteiger partial charge in [-0.2, -0.15) is 18.3 Å². The normalized spacial score (nSPS) is 19.4. The SMILES string of the molecule is CNCc1cc(-c2nn(CC(O)CN3CCCC3)c3c2CN(S(C)=O)CC3)ccc1C(F)(F)F. The predicted octanol–water partition coefficient (Wildman–Crippen LogP) is 2.40. The molecule has 1 aromatic carbocycles. The van der Waals surface area contributed by atoms with Crippen LogP contribution in [0.1, 0.15) is 35.2 Å². The molecule has 0 amide bonds. The van der Waals surface area contributed by atoms with E-state index in [0.717, 1.165) is 43.3 Å². The van der Waals surface area contributed by atoms with Crippen LogP contribution in [-0.2, 0) is 43.2 Å². The summed E-state index contributed by atoms with van der Waals surface area (Å²) in [6.45, 7) is 3.93. The number of nitrogens with zero attached hydrogens (tertiary/aromatic N) is 4. The van der Waals surface area contributed by atoms with Gasteiger partial charge in [-0.1, -0.05) is 6.07 Å². The number of alkyl halides is 3. The highest BCUT2D eigenvalue weighted by Crippen LogP contribution is 2.36. The molecular weight excluding hydrogens is 467 g/mol. The van der Waals surface area contributed by atoms with Crippen LogP contribution >= 0.6 is 0 Å². The van der Waals surface area contributed by atoms with Crippen LogP contribution in [0.2, 0.25) is 0 Å². The molecule has 3 heterocycles. The molecule has 34 heavy (non-hydrogen) atoms. The van der Waals surface area contributed by atoms with Gasteiger partial charge in [0.05, 0.1) is 34.9 Å². The van der Waals surface area contributed by atoms with Gasteiger partial charge in [0.2, 0.25) is 0 Å². The molecule has 11 heteroatoms. The lowest BCUT2D eigenvalue weighted by molar-refractivity contribution is -0.138. The minimum Gasteiger partial charge on any atom is -0.390 e. The van der Waals surface area contributed by atoms with Crippen LogP contribution in [0.4, 0.5) is 13.2 Å². The summed E-state index contributed by atoms with van der Waals surface area (Å²) in [4.78, 5) is 2.24. The first-order chi connectivity index (χ1) is 16.2. The highest BCUT2D eigenvalue weighted by molar-refractivity contribution is 7.81. The van der Waals surface area contributed by atoms with Crippen LogP contribution in [0.15, 0.2) is 18.2 Å². The van der Waals surface area contributed by atoms with Gasteiger partial charge in [-0.3, -0.25) is 4.68 Å². The molecule has 7 nitrogen and oxygen atoms in total. The molecular formula is C23H32F3N5O2S. The Hall–Kier alpha value is -1.79. The Morgan fingerprint density at radius 3 is 2.59 bits per heavy atom. The summed E-state index contributed by atoms with van der Waals surface area (Å²) in [5, 5.41) is 18.3. The second kappa shape index (κ2) is 10.4. The number of aliphatic hydroxyl groups excluding tert-OH is 1. The first-order valence-electron chi connectivity index (χ1n) is 11.6. The van der Waals surface area contributed by atoms with E-state index in [0.29, 0.717) is 43.9 Å². The molecule has 2 N–H and O–H groups in total. The summed E-state index contributed by atoms with van der Waals surface area (Å²) in [7, 11) is 0.441. The summed E-state index contributed by atoms with van der Waals surface area (Å²) in [6, 6.07) is 4.10. The Morgan fingerprint density at radius 2 is 1.94 bits per heavy atom. The number of aliphatic hydroxyl groups is 1. The fourth-order valence-corrected chi connectivity index (χ4v) is 5.60. The van der Waals surface area contributed by atoms with Crippen molar-refractivity contribution in [2.45, 2.75) is 51.2 Å². The number of fused-ring (bicyclic) bond motifs is 1. The average Bonchev–Trinajstić information content (AvgIpc) is 3.41. The topological polar surface area (TPSA) is 73.6 Å². The van der Waals surface area contributed by atoms with Gasteiger partial charge in [-0.05, 0) is 50.7 Å². The molecule has 188 valence electrons. The van der Waals surface area contributed by atoms with Gasteiger partial charge in [0.25, 0.3) is 0 Å². The Bertz CT molecular complexity index is 1040. The smallest absolute Gasteiger partial charge is 0.390 e. The molecule has 2 aromatic rings. The van der Waals surface area contributed by atoms with Crippen molar-refractivity contribution >= 4 is 11.0 Å². The number of rotatable bonds is 8. The minimum absolute atomic E-state index is 0.0746. The van der Waals surface area contributed by atoms with Crippen LogP contribution in [-0.4, -0.2) is 73.9 Å². The Balaban J connectivity index is 1.70. The van der Waals surface area contributed by atoms with Crippen molar-refractivity contribution in [1.29, 1.82) is 0 Å². The molecule has 0 aliphatic carbocycles. The molecule has 0 bridgehead atoms. The largest absolute Gasteiger partial charge is 0.416 e. The third-order valence-corrected chi connectivity index (χ3v) is 7.60. The quantitative estimate of drug-likeness (QED) is 0.584. The summed E-state index contributed by atoms with van der Waals surface area (Å²) < 4.78 is 56.3. The lowest BCUT2D eigenvalue weighted by Gasteiger charge is -2.26. The number of halogens is 3. The van der Waals surface area contributed by atoms with Crippen molar-refractivity contribution in [3.05, 3.63) is 40.6 Å². The first kappa shape index (κ1) is 25.3. The zero-order chi connectivity index (χ0) is 24.5. The van der Waals surface area contributed by atoms with Gasteiger partial charge in [0.1, 0.15) is 0 Å². The van der Waals surface area contributed by atoms with Crippen LogP contribution in [0.3, 0.4) is 0 Å². The molecule has 2 unspecified atom stereocenters. The van der Waals surface area contributed by atoms with E-state index in [1.165, 1.54) is 12.1 Å². The zero-order valence-corrected chi connectivity index (χ0v) is 20.4. The van der Waals surface area contributed by atoms with Crippen molar-refractivity contribution < 1.29 is 22.5 Å². The molecule has 2 atom stereocenters.